The molecule has 0 aromatic rings. The first-order chi connectivity index (χ1) is 5.52. The lowest BCUT2D eigenvalue weighted by molar-refractivity contribution is 0.760. The van der Waals surface area contributed by atoms with Crippen molar-refractivity contribution in [2.45, 2.75) is 27.7 Å². The first-order valence-electron chi connectivity index (χ1n) is 4.37. The summed E-state index contributed by atoms with van der Waals surface area (Å²) in [5.74, 6) is 0.582. The van der Waals surface area contributed by atoms with Crippen LogP contribution >= 0.6 is 0 Å². The smallest absolute Gasteiger partial charge is 0.0341 e. The highest BCUT2D eigenvalue weighted by atomic mass is 14.9. The minimum absolute atomic E-state index is 0.582. The molecule has 1 heteroatoms. The fourth-order valence-electron chi connectivity index (χ4n) is 1.48. The van der Waals surface area contributed by atoms with Crippen LogP contribution in [0.4, 0.5) is 0 Å². The fraction of sp³-hybridized carbons (Fsp3) is 0.455. The Morgan fingerprint density at radius 1 is 1.33 bits per heavy atom. The Labute approximate surface area is 74.9 Å². The topological polar surface area (TPSA) is 12.0 Å². The van der Waals surface area contributed by atoms with Crippen LogP contribution in [0.25, 0.3) is 0 Å². The lowest BCUT2D eigenvalue weighted by atomic mass is 9.93. The van der Waals surface area contributed by atoms with Gasteiger partial charge in [-0.1, -0.05) is 20.4 Å². The second kappa shape index (κ2) is 3.18. The highest BCUT2D eigenvalue weighted by Crippen LogP contribution is 2.24. The van der Waals surface area contributed by atoms with Gasteiger partial charge in [0.1, 0.15) is 0 Å². The maximum absolute atomic E-state index is 3.97. The molecule has 0 bridgehead atoms. The van der Waals surface area contributed by atoms with E-state index in [1.54, 1.807) is 0 Å². The van der Waals surface area contributed by atoms with Crippen molar-refractivity contribution in [2.24, 2.45) is 5.92 Å². The molecule has 0 saturated carbocycles. The number of hydrogen-bond acceptors (Lipinski definition) is 1. The molecular weight excluding hydrogens is 146 g/mol. The first-order valence-corrected chi connectivity index (χ1v) is 4.37. The molecule has 1 aliphatic rings. The van der Waals surface area contributed by atoms with Crippen molar-refractivity contribution >= 4 is 0 Å². The predicted molar refractivity (Wildman–Crippen MR) is 53.6 cm³/mol. The third-order valence-corrected chi connectivity index (χ3v) is 2.23. The second-order valence-electron chi connectivity index (χ2n) is 3.67. The summed E-state index contributed by atoms with van der Waals surface area (Å²) in [5.41, 5.74) is 4.92. The number of rotatable bonds is 1. The third-order valence-electron chi connectivity index (χ3n) is 2.23. The molecule has 0 unspecified atom stereocenters. The van der Waals surface area contributed by atoms with Gasteiger partial charge in [0.05, 0.1) is 0 Å². The maximum Gasteiger partial charge on any atom is 0.0341 e. The van der Waals surface area contributed by atoms with E-state index in [9.17, 15) is 0 Å². The molecule has 0 spiro atoms. The van der Waals surface area contributed by atoms with Gasteiger partial charge in [-0.25, -0.2) is 0 Å². The molecule has 0 aromatic carbocycles. The summed E-state index contributed by atoms with van der Waals surface area (Å²) in [6, 6.07) is 0. The number of nitrogens with one attached hydrogen (secondary N) is 1. The largest absolute Gasteiger partial charge is 0.359 e. The zero-order valence-corrected chi connectivity index (χ0v) is 8.36. The minimum atomic E-state index is 0.582. The fourth-order valence-corrected chi connectivity index (χ4v) is 1.48. The molecule has 0 radical (unpaired) electrons. The van der Waals surface area contributed by atoms with E-state index >= 15 is 0 Å². The summed E-state index contributed by atoms with van der Waals surface area (Å²) in [5, 5.41) is 3.22. The van der Waals surface area contributed by atoms with Crippen LogP contribution in [0.1, 0.15) is 27.7 Å². The molecule has 0 atom stereocenters. The van der Waals surface area contributed by atoms with Gasteiger partial charge in [0.15, 0.2) is 0 Å². The van der Waals surface area contributed by atoms with Crippen LogP contribution in [0.5, 0.6) is 0 Å². The third kappa shape index (κ3) is 1.60. The standard InChI is InChI=1S/C11H17N/c1-7(2)11-6-8(3)12-10(5)9(11)4/h6-7,12H,5H2,1-4H3. The first kappa shape index (κ1) is 9.11. The molecule has 1 aliphatic heterocycles. The SMILES string of the molecule is C=C1NC(C)=CC(C(C)C)=C1C. The van der Waals surface area contributed by atoms with E-state index in [1.165, 1.54) is 16.8 Å². The maximum atomic E-state index is 3.97. The monoisotopic (exact) mass is 163 g/mol. The van der Waals surface area contributed by atoms with Crippen LogP contribution < -0.4 is 5.32 Å². The van der Waals surface area contributed by atoms with E-state index in [0.29, 0.717) is 5.92 Å². The van der Waals surface area contributed by atoms with Crippen LogP contribution in [0.3, 0.4) is 0 Å². The van der Waals surface area contributed by atoms with Crippen molar-refractivity contribution in [2.75, 3.05) is 0 Å². The van der Waals surface area contributed by atoms with Crippen LogP contribution in [-0.4, -0.2) is 0 Å². The molecule has 1 rings (SSSR count). The van der Waals surface area contributed by atoms with Gasteiger partial charge in [-0.15, -0.1) is 0 Å². The lowest BCUT2D eigenvalue weighted by Gasteiger charge is -2.22. The summed E-state index contributed by atoms with van der Waals surface area (Å²) < 4.78 is 0. The van der Waals surface area contributed by atoms with Crippen molar-refractivity contribution < 1.29 is 0 Å². The molecule has 0 aliphatic carbocycles. The summed E-state index contributed by atoms with van der Waals surface area (Å²) >= 11 is 0. The molecule has 1 N–H and O–H groups in total. The Hall–Kier alpha value is -0.980. The second-order valence-corrected chi connectivity index (χ2v) is 3.67. The van der Waals surface area contributed by atoms with Gasteiger partial charge in [0.25, 0.3) is 0 Å². The van der Waals surface area contributed by atoms with E-state index < -0.39 is 0 Å². The molecule has 1 nitrogen and oxygen atoms in total. The summed E-state index contributed by atoms with van der Waals surface area (Å²) in [6.07, 6.45) is 2.20. The molecule has 12 heavy (non-hydrogen) atoms. The highest BCUT2D eigenvalue weighted by Gasteiger charge is 2.12. The van der Waals surface area contributed by atoms with Crippen LogP contribution in [0.2, 0.25) is 0 Å². The average Bonchev–Trinajstić information content (AvgIpc) is 1.96. The van der Waals surface area contributed by atoms with E-state index in [2.05, 4.69) is 45.7 Å². The Kier molecular flexibility index (Phi) is 2.41. The van der Waals surface area contributed by atoms with Crippen molar-refractivity contribution in [1.82, 2.24) is 5.32 Å². The van der Waals surface area contributed by atoms with Crippen molar-refractivity contribution in [3.8, 4) is 0 Å². The lowest BCUT2D eigenvalue weighted by Crippen LogP contribution is -2.17. The van der Waals surface area contributed by atoms with E-state index in [-0.39, 0.29) is 0 Å². The average molecular weight is 163 g/mol. The van der Waals surface area contributed by atoms with Gasteiger partial charge in [-0.3, -0.25) is 0 Å². The molecule has 0 saturated heterocycles. The Morgan fingerprint density at radius 3 is 2.42 bits per heavy atom. The molecule has 1 heterocycles. The predicted octanol–water partition coefficient (Wildman–Crippen LogP) is 2.98. The molecule has 0 amide bonds. The Bertz CT molecular complexity index is 267. The Balaban J connectivity index is 3.08. The number of dihydropyridines is 1. The van der Waals surface area contributed by atoms with E-state index in [1.807, 2.05) is 0 Å². The van der Waals surface area contributed by atoms with Crippen LogP contribution in [0.15, 0.2) is 35.2 Å². The molecule has 66 valence electrons. The van der Waals surface area contributed by atoms with E-state index in [0.717, 1.165) is 5.70 Å². The highest BCUT2D eigenvalue weighted by molar-refractivity contribution is 5.44. The van der Waals surface area contributed by atoms with Crippen molar-refractivity contribution in [1.29, 1.82) is 0 Å². The van der Waals surface area contributed by atoms with Gasteiger partial charge < -0.3 is 5.32 Å². The quantitative estimate of drug-likeness (QED) is 0.626. The molecule has 0 aromatic heterocycles. The van der Waals surface area contributed by atoms with Crippen LogP contribution in [-0.2, 0) is 0 Å². The van der Waals surface area contributed by atoms with E-state index in [4.69, 9.17) is 0 Å². The van der Waals surface area contributed by atoms with Crippen molar-refractivity contribution in [3.63, 3.8) is 0 Å². The number of allylic oxidation sites excluding steroid dienone is 4. The van der Waals surface area contributed by atoms with Gasteiger partial charge in [-0.2, -0.15) is 0 Å². The molecular formula is C11H17N. The number of hydrogen-bond donors (Lipinski definition) is 1. The summed E-state index contributed by atoms with van der Waals surface area (Å²) in [7, 11) is 0. The summed E-state index contributed by atoms with van der Waals surface area (Å²) in [6.45, 7) is 12.6. The van der Waals surface area contributed by atoms with Crippen LogP contribution in [0, 0.1) is 5.92 Å². The minimum Gasteiger partial charge on any atom is -0.359 e. The summed E-state index contributed by atoms with van der Waals surface area (Å²) in [4.78, 5) is 0. The van der Waals surface area contributed by atoms with Gasteiger partial charge in [0.2, 0.25) is 0 Å². The van der Waals surface area contributed by atoms with Gasteiger partial charge in [0, 0.05) is 11.4 Å². The normalized spacial score (nSPS) is 18.1. The Morgan fingerprint density at radius 2 is 1.92 bits per heavy atom. The van der Waals surface area contributed by atoms with Gasteiger partial charge in [-0.05, 0) is 37.0 Å². The van der Waals surface area contributed by atoms with Crippen molar-refractivity contribution in [3.05, 3.63) is 35.2 Å². The zero-order valence-electron chi connectivity index (χ0n) is 8.36. The zero-order chi connectivity index (χ0) is 9.30. The van der Waals surface area contributed by atoms with Gasteiger partial charge >= 0.3 is 0 Å². The molecule has 0 fully saturated rings.